The Kier molecular flexibility index (Phi) is 7.80. The molecule has 7 nitrogen and oxygen atoms in total. The Hall–Kier alpha value is -4.39. The number of imidazole rings is 1. The topological polar surface area (TPSA) is 76.5 Å². The van der Waals surface area contributed by atoms with E-state index in [-0.39, 0.29) is 30.8 Å². The molecule has 0 saturated heterocycles. The van der Waals surface area contributed by atoms with Crippen molar-refractivity contribution in [2.45, 2.75) is 26.3 Å². The van der Waals surface area contributed by atoms with Gasteiger partial charge in [-0.05, 0) is 55.8 Å². The molecule has 36 heavy (non-hydrogen) atoms. The van der Waals surface area contributed by atoms with E-state index in [1.807, 2.05) is 110 Å². The van der Waals surface area contributed by atoms with Gasteiger partial charge in [-0.15, -0.1) is 0 Å². The zero-order chi connectivity index (χ0) is 25.5. The average Bonchev–Trinajstić information content (AvgIpc) is 3.31. The highest BCUT2D eigenvalue weighted by atomic mass is 16.5. The number of ether oxygens (including phenoxy) is 1. The molecule has 0 radical (unpaired) electrons. The summed E-state index contributed by atoms with van der Waals surface area (Å²) in [6, 6.07) is 26.7. The summed E-state index contributed by atoms with van der Waals surface area (Å²) in [5.74, 6) is 0.728. The zero-order valence-electron chi connectivity index (χ0n) is 20.7. The van der Waals surface area contributed by atoms with Crippen LogP contribution in [0.3, 0.4) is 0 Å². The maximum atomic E-state index is 13.1. The van der Waals surface area contributed by atoms with Crippen molar-refractivity contribution in [2.24, 2.45) is 0 Å². The third kappa shape index (κ3) is 5.99. The molecule has 0 aliphatic carbocycles. The Morgan fingerprint density at radius 1 is 0.944 bits per heavy atom. The number of nitrogens with one attached hydrogen (secondary N) is 1. The Morgan fingerprint density at radius 2 is 1.58 bits per heavy atom. The minimum atomic E-state index is -0.311. The third-order valence-electron chi connectivity index (χ3n) is 5.83. The second-order valence-corrected chi connectivity index (χ2v) is 8.71. The van der Waals surface area contributed by atoms with Gasteiger partial charge in [-0.3, -0.25) is 19.5 Å². The largest absolute Gasteiger partial charge is 0.497 e. The lowest BCUT2D eigenvalue weighted by Crippen LogP contribution is -2.43. The number of hydrogen-bond acceptors (Lipinski definition) is 4. The molecular weight excluding hydrogens is 452 g/mol. The van der Waals surface area contributed by atoms with Crippen LogP contribution in [-0.2, 0) is 16.0 Å². The number of methoxy groups -OCH3 is 1. The van der Waals surface area contributed by atoms with Crippen LogP contribution in [0.2, 0.25) is 0 Å². The summed E-state index contributed by atoms with van der Waals surface area (Å²) >= 11 is 0. The highest BCUT2D eigenvalue weighted by Crippen LogP contribution is 2.26. The molecule has 184 valence electrons. The van der Waals surface area contributed by atoms with E-state index in [4.69, 9.17) is 9.72 Å². The quantitative estimate of drug-likeness (QED) is 0.366. The molecule has 0 aliphatic rings. The van der Waals surface area contributed by atoms with Crippen LogP contribution in [-0.4, -0.2) is 46.0 Å². The number of para-hydroxylation sites is 1. The van der Waals surface area contributed by atoms with E-state index in [9.17, 15) is 9.59 Å². The number of aromatic nitrogens is 2. The number of rotatable bonds is 9. The molecule has 0 fully saturated rings. The zero-order valence-corrected chi connectivity index (χ0v) is 20.7. The highest BCUT2D eigenvalue weighted by Gasteiger charge is 2.22. The lowest BCUT2D eigenvalue weighted by atomic mass is 10.1. The van der Waals surface area contributed by atoms with E-state index < -0.39 is 0 Å². The fourth-order valence-corrected chi connectivity index (χ4v) is 3.90. The summed E-state index contributed by atoms with van der Waals surface area (Å²) in [5.41, 5.74) is 3.37. The first-order chi connectivity index (χ1) is 17.4. The molecule has 4 rings (SSSR count). The molecule has 1 N–H and O–H groups in total. The van der Waals surface area contributed by atoms with Crippen LogP contribution in [0.15, 0.2) is 91.1 Å². The van der Waals surface area contributed by atoms with Crippen molar-refractivity contribution in [1.82, 2.24) is 14.5 Å². The SMILES string of the molecule is COc1ccc(-c2cn(-c3ccccc3)c(NC(=O)CN(C(=O)Cc3ccccc3)C(C)C)n2)cc1. The molecule has 0 unspecified atom stereocenters. The summed E-state index contributed by atoms with van der Waals surface area (Å²) in [6.07, 6.45) is 2.13. The second kappa shape index (κ2) is 11.4. The van der Waals surface area contributed by atoms with E-state index in [1.54, 1.807) is 12.0 Å². The van der Waals surface area contributed by atoms with Crippen molar-refractivity contribution in [3.05, 3.63) is 96.7 Å². The first-order valence-corrected chi connectivity index (χ1v) is 11.9. The van der Waals surface area contributed by atoms with Crippen LogP contribution in [0, 0.1) is 0 Å². The van der Waals surface area contributed by atoms with Crippen LogP contribution < -0.4 is 10.1 Å². The molecular formula is C29H30N4O3. The maximum absolute atomic E-state index is 13.1. The van der Waals surface area contributed by atoms with E-state index in [2.05, 4.69) is 5.32 Å². The maximum Gasteiger partial charge on any atom is 0.246 e. The molecule has 7 heteroatoms. The summed E-state index contributed by atoms with van der Waals surface area (Å²) in [5, 5.41) is 2.92. The van der Waals surface area contributed by atoms with Gasteiger partial charge in [-0.1, -0.05) is 48.5 Å². The minimum Gasteiger partial charge on any atom is -0.497 e. The van der Waals surface area contributed by atoms with Crippen LogP contribution in [0.25, 0.3) is 16.9 Å². The van der Waals surface area contributed by atoms with E-state index in [1.165, 1.54) is 0 Å². The molecule has 4 aromatic rings. The Bertz CT molecular complexity index is 1300. The summed E-state index contributed by atoms with van der Waals surface area (Å²) in [4.78, 5) is 32.4. The molecule has 0 aliphatic heterocycles. The number of carbonyl (C=O) groups excluding carboxylic acids is 2. The van der Waals surface area contributed by atoms with Crippen molar-refractivity contribution >= 4 is 17.8 Å². The number of carbonyl (C=O) groups is 2. The van der Waals surface area contributed by atoms with Crippen LogP contribution >= 0.6 is 0 Å². The Morgan fingerprint density at radius 3 is 2.19 bits per heavy atom. The molecule has 1 aromatic heterocycles. The predicted molar refractivity (Wildman–Crippen MR) is 141 cm³/mol. The van der Waals surface area contributed by atoms with Gasteiger partial charge in [0.15, 0.2) is 0 Å². The Labute approximate surface area is 211 Å². The van der Waals surface area contributed by atoms with Gasteiger partial charge in [-0.25, -0.2) is 4.98 Å². The van der Waals surface area contributed by atoms with Crippen molar-refractivity contribution in [2.75, 3.05) is 19.0 Å². The van der Waals surface area contributed by atoms with Crippen molar-refractivity contribution < 1.29 is 14.3 Å². The molecule has 0 saturated carbocycles. The van der Waals surface area contributed by atoms with Crippen molar-refractivity contribution in [3.8, 4) is 22.7 Å². The monoisotopic (exact) mass is 482 g/mol. The number of nitrogens with zero attached hydrogens (tertiary/aromatic N) is 3. The minimum absolute atomic E-state index is 0.0666. The number of anilines is 1. The van der Waals surface area contributed by atoms with Gasteiger partial charge in [-0.2, -0.15) is 0 Å². The molecule has 3 aromatic carbocycles. The van der Waals surface area contributed by atoms with Gasteiger partial charge in [0.1, 0.15) is 12.3 Å². The average molecular weight is 483 g/mol. The Balaban J connectivity index is 1.56. The fraction of sp³-hybridized carbons (Fsp3) is 0.207. The number of benzene rings is 3. The van der Waals surface area contributed by atoms with Gasteiger partial charge < -0.3 is 9.64 Å². The third-order valence-corrected chi connectivity index (χ3v) is 5.83. The lowest BCUT2D eigenvalue weighted by Gasteiger charge is -2.26. The van der Waals surface area contributed by atoms with Gasteiger partial charge >= 0.3 is 0 Å². The van der Waals surface area contributed by atoms with Gasteiger partial charge in [0.2, 0.25) is 17.8 Å². The second-order valence-electron chi connectivity index (χ2n) is 8.71. The van der Waals surface area contributed by atoms with Gasteiger partial charge in [0, 0.05) is 23.5 Å². The summed E-state index contributed by atoms with van der Waals surface area (Å²) in [6.45, 7) is 3.74. The van der Waals surface area contributed by atoms with Gasteiger partial charge in [0.25, 0.3) is 0 Å². The van der Waals surface area contributed by atoms with Crippen molar-refractivity contribution in [3.63, 3.8) is 0 Å². The van der Waals surface area contributed by atoms with Crippen LogP contribution in [0.1, 0.15) is 19.4 Å². The van der Waals surface area contributed by atoms with Gasteiger partial charge in [0.05, 0.1) is 19.2 Å². The van der Waals surface area contributed by atoms with Crippen molar-refractivity contribution in [1.29, 1.82) is 0 Å². The highest BCUT2D eigenvalue weighted by molar-refractivity contribution is 5.94. The molecule has 0 atom stereocenters. The van der Waals surface area contributed by atoms with Crippen LogP contribution in [0.4, 0.5) is 5.95 Å². The van der Waals surface area contributed by atoms with Crippen LogP contribution in [0.5, 0.6) is 5.75 Å². The first-order valence-electron chi connectivity index (χ1n) is 11.9. The molecule has 2 amide bonds. The number of hydrogen-bond donors (Lipinski definition) is 1. The predicted octanol–water partition coefficient (Wildman–Crippen LogP) is 4.97. The smallest absolute Gasteiger partial charge is 0.246 e. The molecule has 0 spiro atoms. The standard InChI is InChI=1S/C29H30N4O3/c1-21(2)32(28(35)18-22-10-6-4-7-11-22)20-27(34)31-29-30-26(23-14-16-25(36-3)17-15-23)19-33(29)24-12-8-5-9-13-24/h4-17,19,21H,18,20H2,1-3H3,(H,30,31,34). The fourth-order valence-electron chi connectivity index (χ4n) is 3.90. The normalized spacial score (nSPS) is 10.8. The van der Waals surface area contributed by atoms with E-state index >= 15 is 0 Å². The summed E-state index contributed by atoms with van der Waals surface area (Å²) in [7, 11) is 1.62. The van der Waals surface area contributed by atoms with E-state index in [0.29, 0.717) is 11.6 Å². The number of amides is 2. The first kappa shape index (κ1) is 24.7. The molecule has 1 heterocycles. The summed E-state index contributed by atoms with van der Waals surface area (Å²) < 4.78 is 7.09. The van der Waals surface area contributed by atoms with E-state index in [0.717, 1.165) is 22.6 Å². The molecule has 0 bridgehead atoms. The lowest BCUT2D eigenvalue weighted by molar-refractivity contribution is -0.135.